The van der Waals surface area contributed by atoms with Crippen molar-refractivity contribution in [1.29, 1.82) is 0 Å². The quantitative estimate of drug-likeness (QED) is 0.586. The van der Waals surface area contributed by atoms with Gasteiger partial charge in [0.1, 0.15) is 0 Å². The molecule has 0 amide bonds. The van der Waals surface area contributed by atoms with Crippen molar-refractivity contribution in [2.45, 2.75) is 38.2 Å². The highest BCUT2D eigenvalue weighted by molar-refractivity contribution is 6.18. The molecular formula is C8H15ClO. The molecule has 0 radical (unpaired) electrons. The van der Waals surface area contributed by atoms with Gasteiger partial charge in [0.2, 0.25) is 0 Å². The van der Waals surface area contributed by atoms with Crippen LogP contribution < -0.4 is 0 Å². The summed E-state index contributed by atoms with van der Waals surface area (Å²) in [5.74, 6) is 0.785. The van der Waals surface area contributed by atoms with E-state index in [-0.39, 0.29) is 0 Å². The van der Waals surface area contributed by atoms with Gasteiger partial charge in [-0.05, 0) is 18.8 Å². The molecule has 1 aliphatic carbocycles. The highest BCUT2D eigenvalue weighted by Gasteiger charge is 2.34. The molecule has 2 atom stereocenters. The van der Waals surface area contributed by atoms with E-state index in [1.807, 2.05) is 0 Å². The molecule has 1 N–H and O–H groups in total. The van der Waals surface area contributed by atoms with Gasteiger partial charge in [0.15, 0.2) is 0 Å². The monoisotopic (exact) mass is 162 g/mol. The average Bonchev–Trinajstić information content (AvgIpc) is 1.96. The molecule has 0 bridgehead atoms. The Morgan fingerprint density at radius 1 is 1.60 bits per heavy atom. The highest BCUT2D eigenvalue weighted by atomic mass is 35.5. The summed E-state index contributed by atoms with van der Waals surface area (Å²) in [6, 6.07) is 0. The van der Waals surface area contributed by atoms with Crippen molar-refractivity contribution in [3.05, 3.63) is 0 Å². The van der Waals surface area contributed by atoms with Crippen LogP contribution in [-0.4, -0.2) is 16.6 Å². The molecule has 0 heterocycles. The lowest BCUT2D eigenvalue weighted by atomic mass is 9.78. The molecule has 0 aromatic carbocycles. The maximum Gasteiger partial charge on any atom is 0.0807 e. The van der Waals surface area contributed by atoms with Gasteiger partial charge in [-0.1, -0.05) is 19.8 Å². The molecule has 10 heavy (non-hydrogen) atoms. The summed E-state index contributed by atoms with van der Waals surface area (Å²) in [7, 11) is 0. The van der Waals surface area contributed by atoms with Crippen molar-refractivity contribution in [1.82, 2.24) is 0 Å². The smallest absolute Gasteiger partial charge is 0.0807 e. The van der Waals surface area contributed by atoms with Gasteiger partial charge in [-0.25, -0.2) is 0 Å². The summed E-state index contributed by atoms with van der Waals surface area (Å²) in [6.07, 6.45) is 4.40. The second-order valence-electron chi connectivity index (χ2n) is 3.38. The Bertz CT molecular complexity index is 116. The Labute approximate surface area is 67.4 Å². The summed E-state index contributed by atoms with van der Waals surface area (Å²) in [6.45, 7) is 2.08. The third kappa shape index (κ3) is 1.46. The second kappa shape index (κ2) is 3.10. The fraction of sp³-hybridized carbons (Fsp3) is 1.00. The first-order chi connectivity index (χ1) is 4.69. The first kappa shape index (κ1) is 8.35. The number of halogens is 1. The minimum absolute atomic E-state index is 0.388. The molecule has 1 rings (SSSR count). The molecule has 60 valence electrons. The number of aliphatic hydroxyl groups is 1. The molecule has 0 aromatic rings. The highest BCUT2D eigenvalue weighted by Crippen LogP contribution is 2.33. The van der Waals surface area contributed by atoms with Crippen LogP contribution in [0.3, 0.4) is 0 Å². The van der Waals surface area contributed by atoms with Crippen LogP contribution >= 0.6 is 11.6 Å². The van der Waals surface area contributed by atoms with E-state index in [4.69, 9.17) is 11.6 Å². The molecule has 1 saturated carbocycles. The van der Waals surface area contributed by atoms with Crippen molar-refractivity contribution < 1.29 is 5.11 Å². The van der Waals surface area contributed by atoms with Crippen LogP contribution in [0.1, 0.15) is 32.6 Å². The first-order valence-corrected chi connectivity index (χ1v) is 4.51. The third-order valence-corrected chi connectivity index (χ3v) is 3.11. The molecule has 1 aliphatic rings. The van der Waals surface area contributed by atoms with Crippen LogP contribution in [0.15, 0.2) is 0 Å². The third-order valence-electron chi connectivity index (χ3n) is 2.65. The van der Waals surface area contributed by atoms with Crippen molar-refractivity contribution in [3.8, 4) is 0 Å². The lowest BCUT2D eigenvalue weighted by molar-refractivity contribution is -0.0206. The molecule has 2 heteroatoms. The molecule has 0 saturated heterocycles. The molecule has 1 nitrogen and oxygen atoms in total. The zero-order valence-electron chi connectivity index (χ0n) is 6.44. The Morgan fingerprint density at radius 3 is 2.70 bits per heavy atom. The van der Waals surface area contributed by atoms with E-state index in [0.717, 1.165) is 19.3 Å². The van der Waals surface area contributed by atoms with Crippen LogP contribution in [0.4, 0.5) is 0 Å². The van der Waals surface area contributed by atoms with E-state index >= 15 is 0 Å². The first-order valence-electron chi connectivity index (χ1n) is 3.97. The average molecular weight is 163 g/mol. The summed E-state index contributed by atoms with van der Waals surface area (Å²) in [4.78, 5) is 0. The van der Waals surface area contributed by atoms with Gasteiger partial charge in [0.25, 0.3) is 0 Å². The van der Waals surface area contributed by atoms with Crippen molar-refractivity contribution in [3.63, 3.8) is 0 Å². The largest absolute Gasteiger partial charge is 0.388 e. The van der Waals surface area contributed by atoms with Crippen molar-refractivity contribution >= 4 is 11.6 Å². The lowest BCUT2D eigenvalue weighted by Crippen LogP contribution is -2.40. The summed E-state index contributed by atoms with van der Waals surface area (Å²) < 4.78 is 0. The number of alkyl halides is 1. The normalized spacial score (nSPS) is 41.7. The Balaban J connectivity index is 2.54. The van der Waals surface area contributed by atoms with Crippen LogP contribution in [0.25, 0.3) is 0 Å². The Morgan fingerprint density at radius 2 is 2.30 bits per heavy atom. The number of hydrogen-bond acceptors (Lipinski definition) is 1. The molecule has 0 aromatic heterocycles. The van der Waals surface area contributed by atoms with Gasteiger partial charge in [-0.2, -0.15) is 0 Å². The standard InChI is InChI=1S/C8H15ClO/c1-7-4-2-3-5-8(7,10)6-9/h7,10H,2-6H2,1H3/t7-,8+/m1/s1. The molecule has 0 aliphatic heterocycles. The van der Waals surface area contributed by atoms with Gasteiger partial charge in [0, 0.05) is 0 Å². The van der Waals surface area contributed by atoms with E-state index in [1.54, 1.807) is 0 Å². The molecule has 1 fully saturated rings. The van der Waals surface area contributed by atoms with E-state index < -0.39 is 5.60 Å². The van der Waals surface area contributed by atoms with Gasteiger partial charge in [-0.3, -0.25) is 0 Å². The second-order valence-corrected chi connectivity index (χ2v) is 3.65. The molecular weight excluding hydrogens is 148 g/mol. The maximum atomic E-state index is 9.82. The number of rotatable bonds is 1. The van der Waals surface area contributed by atoms with Gasteiger partial charge in [0.05, 0.1) is 11.5 Å². The molecule has 0 spiro atoms. The van der Waals surface area contributed by atoms with Crippen molar-refractivity contribution in [2.24, 2.45) is 5.92 Å². The van der Waals surface area contributed by atoms with Crippen molar-refractivity contribution in [2.75, 3.05) is 5.88 Å². The van der Waals surface area contributed by atoms with Gasteiger partial charge >= 0.3 is 0 Å². The SMILES string of the molecule is C[C@@H]1CCCC[C@]1(O)CCl. The van der Waals surface area contributed by atoms with E-state index in [1.165, 1.54) is 6.42 Å². The minimum Gasteiger partial charge on any atom is -0.388 e. The van der Waals surface area contributed by atoms with E-state index in [0.29, 0.717) is 11.8 Å². The van der Waals surface area contributed by atoms with Crippen LogP contribution in [0.5, 0.6) is 0 Å². The summed E-state index contributed by atoms with van der Waals surface area (Å²) in [5, 5.41) is 9.82. The fourth-order valence-electron chi connectivity index (χ4n) is 1.60. The minimum atomic E-state index is -0.556. The van der Waals surface area contributed by atoms with Gasteiger partial charge in [-0.15, -0.1) is 11.6 Å². The molecule has 0 unspecified atom stereocenters. The zero-order chi connectivity index (χ0) is 7.61. The van der Waals surface area contributed by atoms with E-state index in [2.05, 4.69) is 6.92 Å². The Hall–Kier alpha value is 0.250. The van der Waals surface area contributed by atoms with Crippen LogP contribution in [0, 0.1) is 5.92 Å². The predicted octanol–water partition coefficient (Wildman–Crippen LogP) is 2.17. The summed E-state index contributed by atoms with van der Waals surface area (Å²) in [5.41, 5.74) is -0.556. The number of hydrogen-bond donors (Lipinski definition) is 1. The maximum absolute atomic E-state index is 9.82. The van der Waals surface area contributed by atoms with Gasteiger partial charge < -0.3 is 5.11 Å². The summed E-state index contributed by atoms with van der Waals surface area (Å²) >= 11 is 5.67. The fourth-order valence-corrected chi connectivity index (χ4v) is 1.99. The van der Waals surface area contributed by atoms with E-state index in [9.17, 15) is 5.11 Å². The zero-order valence-corrected chi connectivity index (χ0v) is 7.19. The lowest BCUT2D eigenvalue weighted by Gasteiger charge is -2.36. The van der Waals surface area contributed by atoms with Crippen LogP contribution in [0.2, 0.25) is 0 Å². The Kier molecular flexibility index (Phi) is 2.59. The topological polar surface area (TPSA) is 20.2 Å². The van der Waals surface area contributed by atoms with Crippen LogP contribution in [-0.2, 0) is 0 Å². The predicted molar refractivity (Wildman–Crippen MR) is 43.3 cm³/mol.